The van der Waals surface area contributed by atoms with Crippen LogP contribution in [0.3, 0.4) is 0 Å². The molecule has 0 N–H and O–H groups in total. The highest BCUT2D eigenvalue weighted by Crippen LogP contribution is 2.48. The van der Waals surface area contributed by atoms with Crippen LogP contribution in [-0.2, 0) is 21.7 Å². The van der Waals surface area contributed by atoms with E-state index in [2.05, 4.69) is 226 Å². The predicted molar refractivity (Wildman–Crippen MR) is 268 cm³/mol. The first-order valence-corrected chi connectivity index (χ1v) is 22.5. The number of para-hydroxylation sites is 1. The third kappa shape index (κ3) is 6.48. The summed E-state index contributed by atoms with van der Waals surface area (Å²) in [5.41, 5.74) is 20.7. The summed E-state index contributed by atoms with van der Waals surface area (Å²) in [7, 11) is 0. The standard InChI is InChI=1S/C58H59BN2O/c1-55(2,3)37-23-27-41(28-24-37)60-47-32-38(56(4,5)6)25-29-45(47)59-46-30-26-39(57(7,8)9)33-48(46)61(50-35-40(58(10,11)12)34-49(60)54(50)59)42-18-15-17-36(31-42)43-20-16-22-52-53(43)44-19-13-14-21-51(44)62-52/h13-35H,1-12H3. The van der Waals surface area contributed by atoms with Crippen LogP contribution in [0.25, 0.3) is 33.1 Å². The van der Waals surface area contributed by atoms with E-state index in [1.54, 1.807) is 0 Å². The van der Waals surface area contributed by atoms with E-state index < -0.39 is 0 Å². The SMILES string of the molecule is CC(C)(C)c1ccc(N2c3cc(C(C)(C)C)ccc3B3c4ccc(C(C)(C)C)cc4N(c4cccc(-c5cccc6oc7ccccc7c56)c4)c4cc(C(C)(C)C)cc2c43)cc1. The Labute approximate surface area is 369 Å². The van der Waals surface area contributed by atoms with E-state index in [4.69, 9.17) is 4.42 Å². The summed E-state index contributed by atoms with van der Waals surface area (Å²) in [6, 6.07) is 53.0. The summed E-state index contributed by atoms with van der Waals surface area (Å²) in [5, 5.41) is 2.29. The van der Waals surface area contributed by atoms with Gasteiger partial charge in [0.1, 0.15) is 11.2 Å². The van der Waals surface area contributed by atoms with Crippen LogP contribution in [0.1, 0.15) is 105 Å². The summed E-state index contributed by atoms with van der Waals surface area (Å²) in [6.07, 6.45) is 0. The third-order valence-electron chi connectivity index (χ3n) is 13.5. The van der Waals surface area contributed by atoms with Gasteiger partial charge in [0.15, 0.2) is 0 Å². The fourth-order valence-electron chi connectivity index (χ4n) is 9.85. The molecule has 4 heteroatoms. The summed E-state index contributed by atoms with van der Waals surface area (Å²) >= 11 is 0. The fraction of sp³-hybridized carbons (Fsp3) is 0.276. The molecule has 2 aliphatic heterocycles. The molecule has 0 saturated carbocycles. The molecule has 0 spiro atoms. The summed E-state index contributed by atoms with van der Waals surface area (Å²) in [5.74, 6) is 0. The molecule has 8 aromatic rings. The molecule has 0 amide bonds. The molecule has 0 aliphatic carbocycles. The molecular formula is C58H59BN2O. The molecule has 10 rings (SSSR count). The Hall–Kier alpha value is -6.00. The lowest BCUT2D eigenvalue weighted by atomic mass is 9.33. The Morgan fingerprint density at radius 1 is 0.403 bits per heavy atom. The van der Waals surface area contributed by atoms with Gasteiger partial charge in [-0.15, -0.1) is 0 Å². The largest absolute Gasteiger partial charge is 0.456 e. The monoisotopic (exact) mass is 810 g/mol. The zero-order chi connectivity index (χ0) is 43.7. The molecular weight excluding hydrogens is 751 g/mol. The van der Waals surface area contributed by atoms with Crippen molar-refractivity contribution in [2.75, 3.05) is 9.80 Å². The minimum Gasteiger partial charge on any atom is -0.456 e. The molecule has 0 bridgehead atoms. The fourth-order valence-corrected chi connectivity index (χ4v) is 9.85. The summed E-state index contributed by atoms with van der Waals surface area (Å²) in [4.78, 5) is 5.16. The highest BCUT2D eigenvalue weighted by Gasteiger charge is 2.45. The Kier molecular flexibility index (Phi) is 8.89. The quantitative estimate of drug-likeness (QED) is 0.166. The van der Waals surface area contributed by atoms with Crippen LogP contribution >= 0.6 is 0 Å². The van der Waals surface area contributed by atoms with Gasteiger partial charge in [-0.1, -0.05) is 162 Å². The van der Waals surface area contributed by atoms with Gasteiger partial charge in [-0.05, 0) is 132 Å². The molecule has 0 fully saturated rings. The van der Waals surface area contributed by atoms with E-state index in [0.29, 0.717) is 0 Å². The first-order chi connectivity index (χ1) is 29.3. The van der Waals surface area contributed by atoms with Crippen molar-refractivity contribution < 1.29 is 4.42 Å². The lowest BCUT2D eigenvalue weighted by Gasteiger charge is -2.45. The van der Waals surface area contributed by atoms with E-state index >= 15 is 0 Å². The molecule has 62 heavy (non-hydrogen) atoms. The zero-order valence-electron chi connectivity index (χ0n) is 38.7. The first-order valence-electron chi connectivity index (χ1n) is 22.5. The second-order valence-electron chi connectivity index (χ2n) is 22.0. The van der Waals surface area contributed by atoms with Crippen molar-refractivity contribution in [3.63, 3.8) is 0 Å². The minimum atomic E-state index is -0.116. The second-order valence-corrected chi connectivity index (χ2v) is 22.0. The number of rotatable bonds is 3. The number of nitrogens with zero attached hydrogens (tertiary/aromatic N) is 2. The molecule has 0 unspecified atom stereocenters. The molecule has 3 nitrogen and oxygen atoms in total. The van der Waals surface area contributed by atoms with E-state index in [0.717, 1.165) is 33.2 Å². The Morgan fingerprint density at radius 3 is 1.48 bits per heavy atom. The van der Waals surface area contributed by atoms with Crippen molar-refractivity contribution in [2.45, 2.75) is 105 Å². The number of anilines is 6. The molecule has 2 aliphatic rings. The maximum Gasteiger partial charge on any atom is 0.252 e. The maximum absolute atomic E-state index is 6.40. The molecule has 0 saturated heterocycles. The van der Waals surface area contributed by atoms with Crippen molar-refractivity contribution in [1.29, 1.82) is 0 Å². The van der Waals surface area contributed by atoms with E-state index in [1.165, 1.54) is 72.6 Å². The average Bonchev–Trinajstić information content (AvgIpc) is 3.61. The Bertz CT molecular complexity index is 3070. The van der Waals surface area contributed by atoms with Crippen molar-refractivity contribution in [3.05, 3.63) is 162 Å². The van der Waals surface area contributed by atoms with Crippen LogP contribution < -0.4 is 26.2 Å². The molecule has 3 heterocycles. The molecule has 0 radical (unpaired) electrons. The Morgan fingerprint density at radius 2 is 0.903 bits per heavy atom. The number of hydrogen-bond donors (Lipinski definition) is 0. The van der Waals surface area contributed by atoms with Gasteiger partial charge in [0.25, 0.3) is 6.71 Å². The minimum absolute atomic E-state index is 0.0174. The number of furan rings is 1. The number of fused-ring (bicyclic) bond motifs is 7. The summed E-state index contributed by atoms with van der Waals surface area (Å²) in [6.45, 7) is 28.0. The van der Waals surface area contributed by atoms with Gasteiger partial charge in [0, 0.05) is 44.9 Å². The zero-order valence-corrected chi connectivity index (χ0v) is 38.7. The van der Waals surface area contributed by atoms with Gasteiger partial charge < -0.3 is 14.2 Å². The van der Waals surface area contributed by atoms with Gasteiger partial charge in [0.05, 0.1) is 0 Å². The van der Waals surface area contributed by atoms with Crippen LogP contribution in [0, 0.1) is 0 Å². The van der Waals surface area contributed by atoms with Gasteiger partial charge in [0.2, 0.25) is 0 Å². The van der Waals surface area contributed by atoms with Gasteiger partial charge in [-0.3, -0.25) is 0 Å². The van der Waals surface area contributed by atoms with Crippen molar-refractivity contribution >= 4 is 79.2 Å². The van der Waals surface area contributed by atoms with Crippen molar-refractivity contribution in [2.24, 2.45) is 0 Å². The lowest BCUT2D eigenvalue weighted by molar-refractivity contribution is 0.589. The first kappa shape index (κ1) is 40.1. The van der Waals surface area contributed by atoms with Gasteiger partial charge in [-0.2, -0.15) is 0 Å². The Balaban J connectivity index is 1.29. The number of benzene rings is 7. The van der Waals surface area contributed by atoms with Crippen molar-refractivity contribution in [3.8, 4) is 11.1 Å². The van der Waals surface area contributed by atoms with Gasteiger partial charge >= 0.3 is 0 Å². The van der Waals surface area contributed by atoms with E-state index in [1.807, 2.05) is 6.07 Å². The van der Waals surface area contributed by atoms with E-state index in [9.17, 15) is 0 Å². The van der Waals surface area contributed by atoms with Crippen LogP contribution in [0.2, 0.25) is 0 Å². The maximum atomic E-state index is 6.40. The topological polar surface area (TPSA) is 19.6 Å². The molecule has 7 aromatic carbocycles. The highest BCUT2D eigenvalue weighted by molar-refractivity contribution is 7.00. The van der Waals surface area contributed by atoms with E-state index in [-0.39, 0.29) is 28.4 Å². The van der Waals surface area contributed by atoms with Crippen LogP contribution in [-0.4, -0.2) is 6.71 Å². The smallest absolute Gasteiger partial charge is 0.252 e. The predicted octanol–water partition coefficient (Wildman–Crippen LogP) is 14.5. The van der Waals surface area contributed by atoms with Gasteiger partial charge in [-0.25, -0.2) is 0 Å². The summed E-state index contributed by atoms with van der Waals surface area (Å²) < 4.78 is 6.40. The average molecular weight is 811 g/mol. The lowest BCUT2D eigenvalue weighted by Crippen LogP contribution is -2.61. The van der Waals surface area contributed by atoms with Crippen LogP contribution in [0.15, 0.2) is 144 Å². The van der Waals surface area contributed by atoms with Crippen molar-refractivity contribution in [1.82, 2.24) is 0 Å². The normalized spacial score (nSPS) is 14.0. The molecule has 310 valence electrons. The number of hydrogen-bond acceptors (Lipinski definition) is 3. The third-order valence-corrected chi connectivity index (χ3v) is 13.5. The second kappa shape index (κ2) is 13.8. The van der Waals surface area contributed by atoms with Crippen LogP contribution in [0.4, 0.5) is 34.1 Å². The highest BCUT2D eigenvalue weighted by atomic mass is 16.3. The molecule has 1 aromatic heterocycles. The van der Waals surface area contributed by atoms with Crippen LogP contribution in [0.5, 0.6) is 0 Å². The molecule has 0 atom stereocenters.